The largest absolute Gasteiger partial charge is 0.310 e. The number of aromatic nitrogens is 1. The quantitative estimate of drug-likeness (QED) is 0.704. The molecule has 0 atom stereocenters. The minimum Gasteiger partial charge on any atom is -0.310 e. The molecule has 1 fully saturated rings. The summed E-state index contributed by atoms with van der Waals surface area (Å²) in [6.45, 7) is 11.0. The molecule has 0 bridgehead atoms. The monoisotopic (exact) mass is 281 g/mol. The van der Waals surface area contributed by atoms with Crippen molar-refractivity contribution in [2.45, 2.75) is 59.2 Å². The zero-order valence-corrected chi connectivity index (χ0v) is 13.3. The molecule has 1 aromatic heterocycles. The maximum Gasteiger partial charge on any atom is 0.107 e. The number of rotatable bonds is 9. The van der Waals surface area contributed by atoms with Crippen molar-refractivity contribution in [2.75, 3.05) is 13.1 Å². The highest BCUT2D eigenvalue weighted by Gasteiger charge is 2.29. The van der Waals surface area contributed by atoms with Crippen LogP contribution in [0.3, 0.4) is 0 Å². The van der Waals surface area contributed by atoms with Crippen molar-refractivity contribution in [3.05, 3.63) is 16.1 Å². The van der Waals surface area contributed by atoms with Crippen LogP contribution < -0.4 is 5.32 Å². The Bertz CT molecular complexity index is 371. The SMILES string of the molecule is CCCNCc1nc(CN(CC(C)C)C2CC2)cs1. The van der Waals surface area contributed by atoms with Crippen LogP contribution in [0.1, 0.15) is 50.7 Å². The van der Waals surface area contributed by atoms with Gasteiger partial charge in [0, 0.05) is 31.1 Å². The first-order valence-corrected chi connectivity index (χ1v) is 8.45. The molecule has 1 heterocycles. The molecule has 2 rings (SSSR count). The molecule has 0 saturated heterocycles. The summed E-state index contributed by atoms with van der Waals surface area (Å²) in [5, 5.41) is 6.88. The molecular weight excluding hydrogens is 254 g/mol. The van der Waals surface area contributed by atoms with E-state index >= 15 is 0 Å². The fraction of sp³-hybridized carbons (Fsp3) is 0.800. The van der Waals surface area contributed by atoms with Crippen LogP contribution in [0.25, 0.3) is 0 Å². The topological polar surface area (TPSA) is 28.2 Å². The molecule has 0 radical (unpaired) electrons. The van der Waals surface area contributed by atoms with Gasteiger partial charge >= 0.3 is 0 Å². The van der Waals surface area contributed by atoms with Crippen molar-refractivity contribution in [1.29, 1.82) is 0 Å². The summed E-state index contributed by atoms with van der Waals surface area (Å²) in [6.07, 6.45) is 3.94. The first-order chi connectivity index (χ1) is 9.19. The highest BCUT2D eigenvalue weighted by molar-refractivity contribution is 7.09. The Morgan fingerprint density at radius 2 is 2.26 bits per heavy atom. The van der Waals surface area contributed by atoms with Gasteiger partial charge in [-0.25, -0.2) is 4.98 Å². The predicted molar refractivity (Wildman–Crippen MR) is 82.4 cm³/mol. The second-order valence-corrected chi connectivity index (χ2v) is 6.91. The molecule has 0 aliphatic heterocycles. The summed E-state index contributed by atoms with van der Waals surface area (Å²) in [7, 11) is 0. The van der Waals surface area contributed by atoms with Gasteiger partial charge in [0.1, 0.15) is 5.01 Å². The van der Waals surface area contributed by atoms with Crippen molar-refractivity contribution in [2.24, 2.45) is 5.92 Å². The van der Waals surface area contributed by atoms with E-state index in [2.05, 4.69) is 36.4 Å². The second kappa shape index (κ2) is 7.36. The molecule has 1 saturated carbocycles. The number of hydrogen-bond acceptors (Lipinski definition) is 4. The lowest BCUT2D eigenvalue weighted by atomic mass is 10.2. The maximum atomic E-state index is 4.75. The predicted octanol–water partition coefficient (Wildman–Crippen LogP) is 3.26. The van der Waals surface area contributed by atoms with E-state index in [0.717, 1.165) is 31.6 Å². The Morgan fingerprint density at radius 3 is 2.89 bits per heavy atom. The van der Waals surface area contributed by atoms with Gasteiger partial charge in [0.05, 0.1) is 5.69 Å². The van der Waals surface area contributed by atoms with E-state index < -0.39 is 0 Å². The second-order valence-electron chi connectivity index (χ2n) is 5.96. The average molecular weight is 281 g/mol. The average Bonchev–Trinajstić information content (AvgIpc) is 3.11. The number of nitrogens with zero attached hydrogens (tertiary/aromatic N) is 2. The standard InChI is InChI=1S/C15H27N3S/c1-4-7-16-8-15-17-13(11-19-15)10-18(9-12(2)3)14-5-6-14/h11-12,14,16H,4-10H2,1-3H3. The summed E-state index contributed by atoms with van der Waals surface area (Å²) >= 11 is 1.79. The van der Waals surface area contributed by atoms with Gasteiger partial charge < -0.3 is 5.32 Å². The lowest BCUT2D eigenvalue weighted by molar-refractivity contribution is 0.224. The molecule has 1 aliphatic carbocycles. The van der Waals surface area contributed by atoms with Crippen LogP contribution in [0.4, 0.5) is 0 Å². The third kappa shape index (κ3) is 5.21. The third-order valence-corrected chi connectivity index (χ3v) is 4.23. The molecule has 108 valence electrons. The van der Waals surface area contributed by atoms with Crippen molar-refractivity contribution < 1.29 is 0 Å². The van der Waals surface area contributed by atoms with Gasteiger partial charge in [0.15, 0.2) is 0 Å². The summed E-state index contributed by atoms with van der Waals surface area (Å²) in [5.41, 5.74) is 1.26. The Kier molecular flexibility index (Phi) is 5.79. The van der Waals surface area contributed by atoms with Crippen LogP contribution in [0, 0.1) is 5.92 Å². The van der Waals surface area contributed by atoms with Gasteiger partial charge in [-0.2, -0.15) is 0 Å². The van der Waals surface area contributed by atoms with Crippen LogP contribution >= 0.6 is 11.3 Å². The molecule has 0 unspecified atom stereocenters. The number of hydrogen-bond donors (Lipinski definition) is 1. The molecule has 1 N–H and O–H groups in total. The van der Waals surface area contributed by atoms with Crippen LogP contribution in [0.5, 0.6) is 0 Å². The first-order valence-electron chi connectivity index (χ1n) is 7.57. The van der Waals surface area contributed by atoms with Crippen LogP contribution in [-0.2, 0) is 13.1 Å². The summed E-state index contributed by atoms with van der Waals surface area (Å²) < 4.78 is 0. The van der Waals surface area contributed by atoms with E-state index in [1.165, 1.54) is 36.5 Å². The highest BCUT2D eigenvalue weighted by atomic mass is 32.1. The van der Waals surface area contributed by atoms with E-state index in [1.54, 1.807) is 11.3 Å². The van der Waals surface area contributed by atoms with Gasteiger partial charge in [-0.15, -0.1) is 11.3 Å². The molecule has 19 heavy (non-hydrogen) atoms. The van der Waals surface area contributed by atoms with E-state index in [9.17, 15) is 0 Å². The summed E-state index contributed by atoms with van der Waals surface area (Å²) in [4.78, 5) is 7.37. The van der Waals surface area contributed by atoms with E-state index in [4.69, 9.17) is 4.98 Å². The van der Waals surface area contributed by atoms with Gasteiger partial charge in [-0.3, -0.25) is 4.90 Å². The minimum absolute atomic E-state index is 0.741. The third-order valence-electron chi connectivity index (χ3n) is 3.33. The smallest absolute Gasteiger partial charge is 0.107 e. The molecular formula is C15H27N3S. The molecule has 0 spiro atoms. The van der Waals surface area contributed by atoms with Crippen molar-refractivity contribution in [3.63, 3.8) is 0 Å². The van der Waals surface area contributed by atoms with Gasteiger partial charge in [-0.1, -0.05) is 20.8 Å². The Hall–Kier alpha value is -0.450. The number of thiazole rings is 1. The Balaban J connectivity index is 1.83. The molecule has 0 amide bonds. The fourth-order valence-electron chi connectivity index (χ4n) is 2.33. The van der Waals surface area contributed by atoms with E-state index in [1.807, 2.05) is 0 Å². The van der Waals surface area contributed by atoms with Gasteiger partial charge in [0.2, 0.25) is 0 Å². The van der Waals surface area contributed by atoms with E-state index in [0.29, 0.717) is 0 Å². The first kappa shape index (κ1) is 14.9. The molecule has 1 aliphatic rings. The van der Waals surface area contributed by atoms with Crippen molar-refractivity contribution in [1.82, 2.24) is 15.2 Å². The Labute approximate surface area is 121 Å². The summed E-state index contributed by atoms with van der Waals surface area (Å²) in [5.74, 6) is 0.741. The van der Waals surface area contributed by atoms with E-state index in [-0.39, 0.29) is 0 Å². The van der Waals surface area contributed by atoms with Crippen LogP contribution in [-0.4, -0.2) is 29.0 Å². The van der Waals surface area contributed by atoms with Gasteiger partial charge in [-0.05, 0) is 31.7 Å². The number of nitrogens with one attached hydrogen (secondary N) is 1. The Morgan fingerprint density at radius 1 is 1.47 bits per heavy atom. The van der Waals surface area contributed by atoms with Crippen LogP contribution in [0.15, 0.2) is 5.38 Å². The zero-order valence-electron chi connectivity index (χ0n) is 12.5. The minimum atomic E-state index is 0.741. The van der Waals surface area contributed by atoms with Crippen molar-refractivity contribution in [3.8, 4) is 0 Å². The lowest BCUT2D eigenvalue weighted by Gasteiger charge is -2.22. The highest BCUT2D eigenvalue weighted by Crippen LogP contribution is 2.29. The summed E-state index contributed by atoms with van der Waals surface area (Å²) in [6, 6.07) is 0.825. The molecule has 1 aromatic rings. The zero-order chi connectivity index (χ0) is 13.7. The maximum absolute atomic E-state index is 4.75. The van der Waals surface area contributed by atoms with Gasteiger partial charge in [0.25, 0.3) is 0 Å². The normalized spacial score (nSPS) is 15.6. The lowest BCUT2D eigenvalue weighted by Crippen LogP contribution is -2.29. The molecule has 3 nitrogen and oxygen atoms in total. The molecule has 4 heteroatoms. The fourth-order valence-corrected chi connectivity index (χ4v) is 3.09. The van der Waals surface area contributed by atoms with Crippen molar-refractivity contribution >= 4 is 11.3 Å². The molecule has 0 aromatic carbocycles. The van der Waals surface area contributed by atoms with Crippen LogP contribution in [0.2, 0.25) is 0 Å².